The maximum absolute atomic E-state index is 13.3. The van der Waals surface area contributed by atoms with E-state index in [9.17, 15) is 13.2 Å². The minimum atomic E-state index is -3.77. The molecule has 3 rings (SSSR count). The summed E-state index contributed by atoms with van der Waals surface area (Å²) in [4.78, 5) is 12.8. The summed E-state index contributed by atoms with van der Waals surface area (Å²) in [5.74, 6) is -0.444. The third-order valence-electron chi connectivity index (χ3n) is 5.35. The van der Waals surface area contributed by atoms with Crippen molar-refractivity contribution < 1.29 is 13.2 Å². The summed E-state index contributed by atoms with van der Waals surface area (Å²) in [5, 5.41) is 4.00. The third kappa shape index (κ3) is 5.77. The first-order valence-electron chi connectivity index (χ1n) is 10.3. The molecule has 160 valence electrons. The number of nitrogens with one attached hydrogen (secondary N) is 1. The molecule has 2 aromatic rings. The Bertz CT molecular complexity index is 995. The molecule has 0 aliphatic heterocycles. The van der Waals surface area contributed by atoms with Gasteiger partial charge in [-0.25, -0.2) is 13.8 Å². The summed E-state index contributed by atoms with van der Waals surface area (Å²) >= 11 is 0. The molecule has 7 heteroatoms. The van der Waals surface area contributed by atoms with Gasteiger partial charge in [-0.2, -0.15) is 9.41 Å². The minimum absolute atomic E-state index is 0.170. The van der Waals surface area contributed by atoms with Crippen molar-refractivity contribution in [3.05, 3.63) is 65.2 Å². The average molecular weight is 428 g/mol. The molecule has 0 heterocycles. The van der Waals surface area contributed by atoms with E-state index in [-0.39, 0.29) is 17.5 Å². The molecule has 6 nitrogen and oxygen atoms in total. The van der Waals surface area contributed by atoms with Gasteiger partial charge in [-0.1, -0.05) is 66.8 Å². The molecular weight excluding hydrogens is 398 g/mol. The maximum Gasteiger partial charge on any atom is 0.255 e. The van der Waals surface area contributed by atoms with Crippen LogP contribution in [0.15, 0.2) is 58.5 Å². The molecule has 1 N–H and O–H groups in total. The highest BCUT2D eigenvalue weighted by atomic mass is 32.2. The summed E-state index contributed by atoms with van der Waals surface area (Å²) < 4.78 is 28.0. The number of benzene rings is 2. The third-order valence-corrected chi connectivity index (χ3v) is 7.27. The van der Waals surface area contributed by atoms with Crippen molar-refractivity contribution in [2.24, 2.45) is 5.10 Å². The second kappa shape index (κ2) is 10.00. The molecule has 30 heavy (non-hydrogen) atoms. The molecule has 0 unspecified atom stereocenters. The van der Waals surface area contributed by atoms with Crippen LogP contribution in [0.4, 0.5) is 0 Å². The van der Waals surface area contributed by atoms with Crippen LogP contribution in [-0.2, 0) is 14.8 Å². The molecule has 1 aliphatic carbocycles. The highest BCUT2D eigenvalue weighted by Gasteiger charge is 2.33. The number of amides is 1. The van der Waals surface area contributed by atoms with E-state index < -0.39 is 15.9 Å². The molecule has 0 bridgehead atoms. The van der Waals surface area contributed by atoms with E-state index >= 15 is 0 Å². The fourth-order valence-corrected chi connectivity index (χ4v) is 5.37. The number of hydrogen-bond donors (Lipinski definition) is 1. The predicted octanol–water partition coefficient (Wildman–Crippen LogP) is 3.78. The van der Waals surface area contributed by atoms with E-state index in [0.717, 1.165) is 48.8 Å². The second-order valence-corrected chi connectivity index (χ2v) is 9.75. The monoisotopic (exact) mass is 427 g/mol. The SMILES string of the molecule is Cc1ccc(S(=O)(=O)N(CC(=O)NN=Cc2cccc(C)c2)C2CCCCC2)cc1. The van der Waals surface area contributed by atoms with Crippen molar-refractivity contribution in [1.29, 1.82) is 0 Å². The minimum Gasteiger partial charge on any atom is -0.272 e. The van der Waals surface area contributed by atoms with E-state index in [0.29, 0.717) is 0 Å². The number of carbonyl (C=O) groups is 1. The summed E-state index contributed by atoms with van der Waals surface area (Å²) in [7, 11) is -3.77. The Kier molecular flexibility index (Phi) is 7.39. The lowest BCUT2D eigenvalue weighted by Crippen LogP contribution is -2.46. The Hall–Kier alpha value is -2.51. The number of sulfonamides is 1. The first kappa shape index (κ1) is 22.2. The molecule has 0 spiro atoms. The zero-order chi connectivity index (χ0) is 21.6. The van der Waals surface area contributed by atoms with Gasteiger partial charge in [0.05, 0.1) is 17.7 Å². The van der Waals surface area contributed by atoms with Crippen LogP contribution < -0.4 is 5.43 Å². The van der Waals surface area contributed by atoms with Crippen LogP contribution >= 0.6 is 0 Å². The first-order valence-corrected chi connectivity index (χ1v) is 11.8. The van der Waals surface area contributed by atoms with Gasteiger partial charge in [0.1, 0.15) is 0 Å². The predicted molar refractivity (Wildman–Crippen MR) is 119 cm³/mol. The normalized spacial score (nSPS) is 15.6. The quantitative estimate of drug-likeness (QED) is 0.539. The van der Waals surface area contributed by atoms with Crippen LogP contribution in [0.5, 0.6) is 0 Å². The van der Waals surface area contributed by atoms with Crippen LogP contribution in [0.1, 0.15) is 48.8 Å². The Morgan fingerprint density at radius 3 is 2.43 bits per heavy atom. The van der Waals surface area contributed by atoms with Gasteiger partial charge in [0.15, 0.2) is 0 Å². The van der Waals surface area contributed by atoms with Gasteiger partial charge >= 0.3 is 0 Å². The van der Waals surface area contributed by atoms with Crippen LogP contribution in [-0.4, -0.2) is 37.4 Å². The highest BCUT2D eigenvalue weighted by Crippen LogP contribution is 2.27. The standard InChI is InChI=1S/C23H29N3O3S/c1-18-11-13-22(14-12-18)30(28,29)26(21-9-4-3-5-10-21)17-23(27)25-24-16-20-8-6-7-19(2)15-20/h6-8,11-16,21H,3-5,9-10,17H2,1-2H3,(H,25,27). The summed E-state index contributed by atoms with van der Waals surface area (Å²) in [6.45, 7) is 3.65. The molecule has 0 aromatic heterocycles. The Balaban J connectivity index is 1.75. The number of carbonyl (C=O) groups excluding carboxylic acids is 1. The summed E-state index contributed by atoms with van der Waals surface area (Å²) in [6.07, 6.45) is 6.14. The number of hydrogen-bond acceptors (Lipinski definition) is 4. The lowest BCUT2D eigenvalue weighted by Gasteiger charge is -2.32. The van der Waals surface area contributed by atoms with Crippen molar-refractivity contribution in [2.75, 3.05) is 6.54 Å². The zero-order valence-corrected chi connectivity index (χ0v) is 18.4. The van der Waals surface area contributed by atoms with Crippen molar-refractivity contribution in [2.45, 2.75) is 56.9 Å². The maximum atomic E-state index is 13.3. The molecule has 1 saturated carbocycles. The van der Waals surface area contributed by atoms with E-state index in [1.54, 1.807) is 30.5 Å². The fraction of sp³-hybridized carbons (Fsp3) is 0.391. The van der Waals surface area contributed by atoms with Crippen molar-refractivity contribution in [1.82, 2.24) is 9.73 Å². The van der Waals surface area contributed by atoms with Gasteiger partial charge in [-0.05, 0) is 44.4 Å². The number of hydrazone groups is 1. The van der Waals surface area contributed by atoms with Gasteiger partial charge < -0.3 is 0 Å². The molecular formula is C23H29N3O3S. The van der Waals surface area contributed by atoms with E-state index in [1.165, 1.54) is 4.31 Å². The van der Waals surface area contributed by atoms with Crippen molar-refractivity contribution in [3.63, 3.8) is 0 Å². The molecule has 1 aliphatic rings. The number of rotatable bonds is 7. The Labute approximate surface area is 179 Å². The first-order chi connectivity index (χ1) is 14.4. The fourth-order valence-electron chi connectivity index (χ4n) is 3.73. The van der Waals surface area contributed by atoms with Gasteiger partial charge in [-0.3, -0.25) is 4.79 Å². The molecule has 0 atom stereocenters. The van der Waals surface area contributed by atoms with Gasteiger partial charge in [0.25, 0.3) is 5.91 Å². The topological polar surface area (TPSA) is 78.8 Å². The van der Waals surface area contributed by atoms with E-state index in [4.69, 9.17) is 0 Å². The summed E-state index contributed by atoms with van der Waals surface area (Å²) in [6, 6.07) is 14.3. The molecule has 1 amide bonds. The van der Waals surface area contributed by atoms with E-state index in [2.05, 4.69) is 10.5 Å². The van der Waals surface area contributed by atoms with Gasteiger partial charge in [0.2, 0.25) is 10.0 Å². The zero-order valence-electron chi connectivity index (χ0n) is 17.5. The number of nitrogens with zero attached hydrogens (tertiary/aromatic N) is 2. The van der Waals surface area contributed by atoms with E-state index in [1.807, 2.05) is 38.1 Å². The van der Waals surface area contributed by atoms with Crippen LogP contribution in [0.25, 0.3) is 0 Å². The number of aryl methyl sites for hydroxylation is 2. The molecule has 0 radical (unpaired) electrons. The highest BCUT2D eigenvalue weighted by molar-refractivity contribution is 7.89. The Morgan fingerprint density at radius 2 is 1.77 bits per heavy atom. The molecule has 2 aromatic carbocycles. The molecule has 0 saturated heterocycles. The van der Waals surface area contributed by atoms with Crippen LogP contribution in [0.3, 0.4) is 0 Å². The second-order valence-electron chi connectivity index (χ2n) is 7.86. The van der Waals surface area contributed by atoms with Crippen LogP contribution in [0, 0.1) is 13.8 Å². The molecule has 1 fully saturated rings. The average Bonchev–Trinajstić information content (AvgIpc) is 2.73. The smallest absolute Gasteiger partial charge is 0.255 e. The lowest BCUT2D eigenvalue weighted by atomic mass is 9.95. The lowest BCUT2D eigenvalue weighted by molar-refractivity contribution is -0.121. The van der Waals surface area contributed by atoms with Gasteiger partial charge in [0, 0.05) is 6.04 Å². The van der Waals surface area contributed by atoms with Gasteiger partial charge in [-0.15, -0.1) is 0 Å². The Morgan fingerprint density at radius 1 is 1.07 bits per heavy atom. The summed E-state index contributed by atoms with van der Waals surface area (Å²) in [5.41, 5.74) is 5.43. The van der Waals surface area contributed by atoms with Crippen molar-refractivity contribution in [3.8, 4) is 0 Å². The largest absolute Gasteiger partial charge is 0.272 e. The van der Waals surface area contributed by atoms with Crippen molar-refractivity contribution >= 4 is 22.1 Å². The van der Waals surface area contributed by atoms with Crippen LogP contribution in [0.2, 0.25) is 0 Å².